The van der Waals surface area contributed by atoms with Crippen LogP contribution in [0.5, 0.6) is 0 Å². The molecule has 0 radical (unpaired) electrons. The molecule has 2 heterocycles. The normalized spacial score (nSPS) is 15.0. The highest BCUT2D eigenvalue weighted by molar-refractivity contribution is 6.31. The second-order valence-corrected chi connectivity index (χ2v) is 13.1. The van der Waals surface area contributed by atoms with Gasteiger partial charge >= 0.3 is 5.97 Å². The summed E-state index contributed by atoms with van der Waals surface area (Å²) in [5.41, 5.74) is 3.87. The number of nitrogens with zero attached hydrogens (tertiary/aromatic N) is 5. The van der Waals surface area contributed by atoms with Crippen LogP contribution in [-0.4, -0.2) is 67.4 Å². The number of aromatic carboxylic acids is 1. The molecule has 0 bridgehead atoms. The Kier molecular flexibility index (Phi) is 9.62. The van der Waals surface area contributed by atoms with Crippen molar-refractivity contribution in [2.24, 2.45) is 0 Å². The van der Waals surface area contributed by atoms with E-state index >= 15 is 4.39 Å². The van der Waals surface area contributed by atoms with Crippen molar-refractivity contribution in [3.8, 4) is 16.8 Å². The number of halogens is 2. The number of aromatic nitrogens is 4. The number of carboxylic acid groups (broad SMARTS) is 1. The highest BCUT2D eigenvalue weighted by Crippen LogP contribution is 2.45. The molecule has 2 amide bonds. The van der Waals surface area contributed by atoms with E-state index in [0.717, 1.165) is 16.7 Å². The van der Waals surface area contributed by atoms with E-state index in [2.05, 4.69) is 20.8 Å². The number of hydrogen-bond donors (Lipinski definition) is 2. The lowest BCUT2D eigenvalue weighted by molar-refractivity contribution is -0.137. The number of hydrogen-bond acceptors (Lipinski definition) is 7. The van der Waals surface area contributed by atoms with Crippen LogP contribution in [0.4, 0.5) is 4.39 Å². The number of Topliss-reactive ketones (excluding diaryl/α,β-unsaturated/α-hetero) is 1. The van der Waals surface area contributed by atoms with Crippen LogP contribution in [0.25, 0.3) is 22.9 Å². The van der Waals surface area contributed by atoms with Crippen molar-refractivity contribution in [3.05, 3.63) is 135 Å². The van der Waals surface area contributed by atoms with E-state index in [-0.39, 0.29) is 46.5 Å². The molecule has 13 heteroatoms. The highest BCUT2D eigenvalue weighted by atomic mass is 35.5. The summed E-state index contributed by atoms with van der Waals surface area (Å²) in [6.45, 7) is 4.09. The summed E-state index contributed by atoms with van der Waals surface area (Å²) in [6, 6.07) is 20.6. The van der Waals surface area contributed by atoms with Crippen molar-refractivity contribution in [3.63, 3.8) is 0 Å². The lowest BCUT2D eigenvalue weighted by Crippen LogP contribution is -2.50. The Balaban J connectivity index is 1.44. The second-order valence-electron chi connectivity index (χ2n) is 12.7. The molecule has 6 rings (SSSR count). The summed E-state index contributed by atoms with van der Waals surface area (Å²) in [5, 5.41) is 22.9. The van der Waals surface area contributed by atoms with Gasteiger partial charge in [0.2, 0.25) is 5.91 Å². The van der Waals surface area contributed by atoms with Gasteiger partial charge in [-0.1, -0.05) is 67.9 Å². The van der Waals surface area contributed by atoms with Gasteiger partial charge in [0.1, 0.15) is 12.4 Å². The predicted molar refractivity (Wildman–Crippen MR) is 188 cm³/mol. The fraction of sp³-hybridized carbons (Fsp3) is 0.184. The smallest absolute Gasteiger partial charge is 0.335 e. The molecule has 1 unspecified atom stereocenters. The minimum absolute atomic E-state index is 0.0243. The SMILES string of the molecule is CNC(=O)c1ccc(-c2cccc3c2C(C)(C)CN(C(=O)/C=C/c2c(-n4cnnn4)ccc(Cl)c2F)C3C(=O)Cc2ccc(C(=O)O)cc2)cc1. The number of fused-ring (bicyclic) bond motifs is 1. The second kappa shape index (κ2) is 14.1. The van der Waals surface area contributed by atoms with Crippen LogP contribution in [-0.2, 0) is 21.4 Å². The molecule has 1 atom stereocenters. The lowest BCUT2D eigenvalue weighted by atomic mass is 9.71. The molecule has 0 saturated carbocycles. The third kappa shape index (κ3) is 6.90. The molecule has 1 aliphatic heterocycles. The van der Waals surface area contributed by atoms with E-state index in [1.54, 1.807) is 31.3 Å². The maximum Gasteiger partial charge on any atom is 0.335 e. The topological polar surface area (TPSA) is 147 Å². The molecule has 1 aromatic heterocycles. The first-order valence-electron chi connectivity index (χ1n) is 15.9. The zero-order valence-electron chi connectivity index (χ0n) is 27.8. The quantitative estimate of drug-likeness (QED) is 0.181. The molecular weight excluding hydrogens is 675 g/mol. The van der Waals surface area contributed by atoms with Gasteiger partial charge in [0.05, 0.1) is 16.3 Å². The molecule has 11 nitrogen and oxygen atoms in total. The Morgan fingerprint density at radius 1 is 1.00 bits per heavy atom. The van der Waals surface area contributed by atoms with Crippen LogP contribution >= 0.6 is 11.6 Å². The minimum atomic E-state index is -1.09. The lowest BCUT2D eigenvalue weighted by Gasteiger charge is -2.45. The molecule has 0 saturated heterocycles. The molecule has 0 spiro atoms. The van der Waals surface area contributed by atoms with Crippen LogP contribution < -0.4 is 5.32 Å². The molecule has 258 valence electrons. The first kappa shape index (κ1) is 34.8. The Morgan fingerprint density at radius 3 is 2.35 bits per heavy atom. The molecule has 4 aromatic carbocycles. The highest BCUT2D eigenvalue weighted by Gasteiger charge is 2.43. The monoisotopic (exact) mass is 706 g/mol. The van der Waals surface area contributed by atoms with Crippen LogP contribution in [0.2, 0.25) is 5.02 Å². The number of rotatable bonds is 9. The average Bonchev–Trinajstić information content (AvgIpc) is 3.66. The summed E-state index contributed by atoms with van der Waals surface area (Å²) < 4.78 is 16.6. The maximum atomic E-state index is 15.4. The Bertz CT molecular complexity index is 2180. The van der Waals surface area contributed by atoms with E-state index in [0.29, 0.717) is 16.7 Å². The number of carboxylic acids is 1. The largest absolute Gasteiger partial charge is 0.478 e. The van der Waals surface area contributed by atoms with Gasteiger partial charge in [-0.05, 0) is 80.7 Å². The van der Waals surface area contributed by atoms with Gasteiger partial charge in [-0.25, -0.2) is 9.18 Å². The summed E-state index contributed by atoms with van der Waals surface area (Å²) >= 11 is 6.11. The zero-order valence-corrected chi connectivity index (χ0v) is 28.6. The van der Waals surface area contributed by atoms with Gasteiger partial charge in [-0.3, -0.25) is 14.4 Å². The standard InChI is InChI=1S/C38H32ClFN6O5/c1-38(2)20-45(32(48)18-15-27-30(46-21-42-43-44-46)17-16-29(39)34(27)40)35(31(47)19-22-7-9-25(10-8-22)37(50)51)28-6-4-5-26(33(28)38)23-11-13-24(14-12-23)36(49)41-3/h4-18,21,35H,19-20H2,1-3H3,(H,41,49)(H,50,51)/b18-15+. The molecule has 0 aliphatic carbocycles. The minimum Gasteiger partial charge on any atom is -0.478 e. The van der Waals surface area contributed by atoms with Crippen molar-refractivity contribution >= 4 is 41.2 Å². The van der Waals surface area contributed by atoms with Crippen molar-refractivity contribution in [2.75, 3.05) is 13.6 Å². The van der Waals surface area contributed by atoms with Gasteiger partial charge < -0.3 is 15.3 Å². The van der Waals surface area contributed by atoms with Crippen LogP contribution in [0, 0.1) is 5.82 Å². The number of nitrogens with one attached hydrogen (secondary N) is 1. The number of ketones is 1. The zero-order chi connectivity index (χ0) is 36.4. The first-order chi connectivity index (χ1) is 24.4. The van der Waals surface area contributed by atoms with Gasteiger partial charge in [0, 0.05) is 42.6 Å². The summed E-state index contributed by atoms with van der Waals surface area (Å²) in [7, 11) is 1.56. The number of benzene rings is 4. The number of carbonyl (C=O) groups excluding carboxylic acids is 3. The van der Waals surface area contributed by atoms with Crippen LogP contribution in [0.1, 0.15) is 62.9 Å². The van der Waals surface area contributed by atoms with Gasteiger partial charge in [-0.15, -0.1) is 5.10 Å². The summed E-state index contributed by atoms with van der Waals surface area (Å²) in [6.07, 6.45) is 3.69. The molecule has 5 aromatic rings. The van der Waals surface area contributed by atoms with Gasteiger partial charge in [0.15, 0.2) is 11.6 Å². The fourth-order valence-corrected chi connectivity index (χ4v) is 6.72. The van der Waals surface area contributed by atoms with E-state index in [1.165, 1.54) is 52.3 Å². The Morgan fingerprint density at radius 2 is 1.71 bits per heavy atom. The maximum absolute atomic E-state index is 15.4. The van der Waals surface area contributed by atoms with Crippen LogP contribution in [0.15, 0.2) is 91.3 Å². The van der Waals surface area contributed by atoms with Crippen molar-refractivity contribution in [1.82, 2.24) is 30.4 Å². The van der Waals surface area contributed by atoms with E-state index in [1.807, 2.05) is 44.2 Å². The van der Waals surface area contributed by atoms with E-state index in [9.17, 15) is 24.3 Å². The van der Waals surface area contributed by atoms with Crippen molar-refractivity contribution in [1.29, 1.82) is 0 Å². The Hall–Kier alpha value is -6.01. The van der Waals surface area contributed by atoms with Gasteiger partial charge in [-0.2, -0.15) is 4.68 Å². The third-order valence-corrected chi connectivity index (χ3v) is 9.19. The van der Waals surface area contributed by atoms with Gasteiger partial charge in [0.25, 0.3) is 5.91 Å². The number of carbonyl (C=O) groups is 4. The van der Waals surface area contributed by atoms with E-state index in [4.69, 9.17) is 11.6 Å². The summed E-state index contributed by atoms with van der Waals surface area (Å²) in [4.78, 5) is 53.7. The number of tetrazole rings is 1. The van der Waals surface area contributed by atoms with E-state index < -0.39 is 29.2 Å². The molecule has 1 aliphatic rings. The number of amides is 2. The fourth-order valence-electron chi connectivity index (χ4n) is 6.56. The molecule has 0 fully saturated rings. The van der Waals surface area contributed by atoms with Crippen molar-refractivity contribution in [2.45, 2.75) is 31.7 Å². The Labute approximate surface area is 297 Å². The van der Waals surface area contributed by atoms with Crippen molar-refractivity contribution < 1.29 is 28.7 Å². The molecule has 51 heavy (non-hydrogen) atoms. The third-order valence-electron chi connectivity index (χ3n) is 8.90. The average molecular weight is 707 g/mol. The first-order valence-corrected chi connectivity index (χ1v) is 16.3. The molecular formula is C38H32ClFN6O5. The molecule has 2 N–H and O–H groups in total. The summed E-state index contributed by atoms with van der Waals surface area (Å²) in [5.74, 6) is -2.93. The van der Waals surface area contributed by atoms with Crippen LogP contribution in [0.3, 0.4) is 0 Å². The predicted octanol–water partition coefficient (Wildman–Crippen LogP) is 5.87.